The fourth-order valence-corrected chi connectivity index (χ4v) is 4.42. The number of aromatic nitrogens is 1. The topological polar surface area (TPSA) is 65.5 Å². The highest BCUT2D eigenvalue weighted by Crippen LogP contribution is 2.29. The summed E-state index contributed by atoms with van der Waals surface area (Å²) in [6.07, 6.45) is 8.42. The molecule has 1 aromatic heterocycles. The first-order chi connectivity index (χ1) is 12.2. The fourth-order valence-electron chi connectivity index (χ4n) is 3.71. The van der Waals surface area contributed by atoms with E-state index in [1.165, 1.54) is 36.1 Å². The van der Waals surface area contributed by atoms with E-state index in [-0.39, 0.29) is 18.4 Å². The van der Waals surface area contributed by atoms with Crippen molar-refractivity contribution in [1.82, 2.24) is 14.8 Å². The lowest BCUT2D eigenvalue weighted by molar-refractivity contribution is -0.142. The Morgan fingerprint density at radius 1 is 1.40 bits per heavy atom. The molecular formula is C17H24N4O2S2. The average Bonchev–Trinajstić information content (AvgIpc) is 3.13. The van der Waals surface area contributed by atoms with E-state index in [0.717, 1.165) is 19.3 Å². The Labute approximate surface area is 157 Å². The molecule has 1 saturated carbocycles. The molecule has 2 aliphatic rings. The van der Waals surface area contributed by atoms with Gasteiger partial charge < -0.3 is 15.1 Å². The molecule has 1 aromatic rings. The molecule has 1 atom stereocenters. The number of thiocarbonyl (C=S) groups is 1. The van der Waals surface area contributed by atoms with Crippen molar-refractivity contribution >= 4 is 46.0 Å². The quantitative estimate of drug-likeness (QED) is 0.768. The van der Waals surface area contributed by atoms with Gasteiger partial charge in [-0.25, -0.2) is 4.98 Å². The van der Waals surface area contributed by atoms with Gasteiger partial charge in [-0.15, -0.1) is 11.3 Å². The van der Waals surface area contributed by atoms with Crippen LogP contribution >= 0.6 is 23.6 Å². The van der Waals surface area contributed by atoms with Gasteiger partial charge in [0.1, 0.15) is 6.04 Å². The van der Waals surface area contributed by atoms with Gasteiger partial charge in [0.25, 0.3) is 0 Å². The van der Waals surface area contributed by atoms with Crippen molar-refractivity contribution in [2.45, 2.75) is 44.6 Å². The second kappa shape index (κ2) is 8.71. The number of rotatable bonds is 6. The van der Waals surface area contributed by atoms with Gasteiger partial charge in [-0.1, -0.05) is 44.3 Å². The van der Waals surface area contributed by atoms with E-state index in [4.69, 9.17) is 12.2 Å². The molecule has 2 fully saturated rings. The first-order valence-corrected chi connectivity index (χ1v) is 10.2. The third kappa shape index (κ3) is 4.76. The summed E-state index contributed by atoms with van der Waals surface area (Å²) in [5, 5.41) is 5.30. The summed E-state index contributed by atoms with van der Waals surface area (Å²) in [6.45, 7) is 1.48. The summed E-state index contributed by atoms with van der Waals surface area (Å²) in [4.78, 5) is 33.2. The van der Waals surface area contributed by atoms with Crippen LogP contribution in [0.25, 0.3) is 0 Å². The van der Waals surface area contributed by atoms with Crippen LogP contribution in [-0.4, -0.2) is 57.8 Å². The van der Waals surface area contributed by atoms with Crippen LogP contribution in [0.4, 0.5) is 5.13 Å². The molecule has 8 heteroatoms. The van der Waals surface area contributed by atoms with Gasteiger partial charge >= 0.3 is 0 Å². The smallest absolute Gasteiger partial charge is 0.248 e. The molecular weight excluding hydrogens is 356 g/mol. The lowest BCUT2D eigenvalue weighted by Crippen LogP contribution is -2.57. The van der Waals surface area contributed by atoms with E-state index >= 15 is 0 Å². The van der Waals surface area contributed by atoms with E-state index in [1.807, 2.05) is 10.3 Å². The molecule has 1 saturated heterocycles. The highest BCUT2D eigenvalue weighted by Gasteiger charge is 2.35. The average molecular weight is 381 g/mol. The Hall–Kier alpha value is -1.54. The summed E-state index contributed by atoms with van der Waals surface area (Å²) in [5.41, 5.74) is 1.53. The van der Waals surface area contributed by atoms with Crippen molar-refractivity contribution in [2.75, 3.05) is 25.0 Å². The second-order valence-electron chi connectivity index (χ2n) is 6.75. The number of hydrogen-bond acceptors (Lipinski definition) is 5. The van der Waals surface area contributed by atoms with Crippen molar-refractivity contribution in [3.8, 4) is 0 Å². The van der Waals surface area contributed by atoms with E-state index in [0.29, 0.717) is 24.1 Å². The van der Waals surface area contributed by atoms with E-state index < -0.39 is 6.04 Å². The van der Waals surface area contributed by atoms with E-state index in [9.17, 15) is 9.59 Å². The molecule has 2 heterocycles. The standard InChI is InChI=1S/C17H24N4O2S2/c22-15-11-20(12-24)7-8-21(15)14(10-13-4-2-1-3-5-13)16(23)19-17-18-6-9-25-17/h6,9,12-14H,1-5,7-8,10-11H2,(H,18,19,23)/t14-/m0/s1. The number of carbonyl (C=O) groups is 2. The van der Waals surface area contributed by atoms with Crippen LogP contribution in [0.1, 0.15) is 38.5 Å². The first-order valence-electron chi connectivity index (χ1n) is 8.86. The molecule has 0 aromatic carbocycles. The summed E-state index contributed by atoms with van der Waals surface area (Å²) < 4.78 is 0. The van der Waals surface area contributed by atoms with Crippen molar-refractivity contribution in [3.05, 3.63) is 11.6 Å². The number of piperazine rings is 1. The number of hydrogen-bond donors (Lipinski definition) is 1. The number of anilines is 1. The normalized spacial score (nSPS) is 20.4. The Bertz CT molecular complexity index is 602. The van der Waals surface area contributed by atoms with E-state index in [2.05, 4.69) is 10.3 Å². The van der Waals surface area contributed by atoms with Crippen LogP contribution in [-0.2, 0) is 9.59 Å². The number of nitrogens with zero attached hydrogens (tertiary/aromatic N) is 3. The van der Waals surface area contributed by atoms with Crippen LogP contribution in [0, 0.1) is 5.92 Å². The predicted molar refractivity (Wildman–Crippen MR) is 103 cm³/mol. The molecule has 25 heavy (non-hydrogen) atoms. The number of thiazole rings is 1. The molecule has 136 valence electrons. The lowest BCUT2D eigenvalue weighted by atomic mass is 9.84. The molecule has 0 bridgehead atoms. The monoisotopic (exact) mass is 380 g/mol. The highest BCUT2D eigenvalue weighted by molar-refractivity contribution is 7.78. The molecule has 1 aliphatic carbocycles. The Morgan fingerprint density at radius 2 is 2.20 bits per heavy atom. The van der Waals surface area contributed by atoms with Gasteiger partial charge in [-0.05, 0) is 12.3 Å². The Balaban J connectivity index is 1.72. The van der Waals surface area contributed by atoms with Crippen LogP contribution in [0.5, 0.6) is 0 Å². The predicted octanol–water partition coefficient (Wildman–Crippen LogP) is 2.52. The van der Waals surface area contributed by atoms with Crippen molar-refractivity contribution in [2.24, 2.45) is 5.92 Å². The maximum absolute atomic E-state index is 12.9. The molecule has 0 spiro atoms. The van der Waals surface area contributed by atoms with Crippen molar-refractivity contribution < 1.29 is 9.59 Å². The van der Waals surface area contributed by atoms with Gasteiger partial charge in [-0.2, -0.15) is 0 Å². The van der Waals surface area contributed by atoms with Gasteiger partial charge in [0.15, 0.2) is 5.13 Å². The van der Waals surface area contributed by atoms with Gasteiger partial charge in [0.2, 0.25) is 11.8 Å². The SMILES string of the molecule is O=C(Nc1nccs1)[C@H](CC1CCCCC1)N1CCN(C=S)CC1=O. The molecule has 3 rings (SSSR count). The molecule has 0 unspecified atom stereocenters. The minimum Gasteiger partial charge on any atom is -0.358 e. The summed E-state index contributed by atoms with van der Waals surface area (Å²) in [5.74, 6) is 0.365. The van der Waals surface area contributed by atoms with Crippen LogP contribution < -0.4 is 5.32 Å². The molecule has 1 aliphatic heterocycles. The Kier molecular flexibility index (Phi) is 6.36. The zero-order valence-corrected chi connectivity index (χ0v) is 15.9. The van der Waals surface area contributed by atoms with Gasteiger partial charge in [-0.3, -0.25) is 9.59 Å². The van der Waals surface area contributed by atoms with Crippen molar-refractivity contribution in [1.29, 1.82) is 0 Å². The van der Waals surface area contributed by atoms with Crippen LogP contribution in [0.2, 0.25) is 0 Å². The lowest BCUT2D eigenvalue weighted by Gasteiger charge is -2.39. The number of carbonyl (C=O) groups excluding carboxylic acids is 2. The van der Waals surface area contributed by atoms with Gasteiger partial charge in [0.05, 0.1) is 12.0 Å². The van der Waals surface area contributed by atoms with Crippen molar-refractivity contribution in [3.63, 3.8) is 0 Å². The molecule has 0 radical (unpaired) electrons. The van der Waals surface area contributed by atoms with Crippen LogP contribution in [0.15, 0.2) is 11.6 Å². The summed E-state index contributed by atoms with van der Waals surface area (Å²) >= 11 is 6.33. The summed E-state index contributed by atoms with van der Waals surface area (Å²) in [7, 11) is 0. The maximum atomic E-state index is 12.9. The Morgan fingerprint density at radius 3 is 2.84 bits per heavy atom. The molecule has 2 amide bonds. The highest BCUT2D eigenvalue weighted by atomic mass is 32.1. The fraction of sp³-hybridized carbons (Fsp3) is 0.647. The number of amides is 2. The zero-order valence-electron chi connectivity index (χ0n) is 14.2. The minimum atomic E-state index is -0.424. The minimum absolute atomic E-state index is 0.0255. The number of nitrogens with one attached hydrogen (secondary N) is 1. The first kappa shape index (κ1) is 18.3. The van der Waals surface area contributed by atoms with E-state index in [1.54, 1.807) is 11.1 Å². The van der Waals surface area contributed by atoms with Gasteiger partial charge in [0, 0.05) is 24.7 Å². The third-order valence-corrected chi connectivity index (χ3v) is 6.05. The third-order valence-electron chi connectivity index (χ3n) is 5.06. The largest absolute Gasteiger partial charge is 0.358 e. The maximum Gasteiger partial charge on any atom is 0.248 e. The van der Waals surface area contributed by atoms with Crippen LogP contribution in [0.3, 0.4) is 0 Å². The summed E-state index contributed by atoms with van der Waals surface area (Å²) in [6, 6.07) is -0.424. The molecule has 1 N–H and O–H groups in total. The molecule has 6 nitrogen and oxygen atoms in total. The zero-order chi connectivity index (χ0) is 17.6. The second-order valence-corrected chi connectivity index (χ2v) is 7.85.